The van der Waals surface area contributed by atoms with Crippen molar-refractivity contribution in [2.45, 2.75) is 22.9 Å². The van der Waals surface area contributed by atoms with E-state index in [1.807, 2.05) is 24.3 Å². The van der Waals surface area contributed by atoms with Crippen molar-refractivity contribution in [3.8, 4) is 17.2 Å². The van der Waals surface area contributed by atoms with Crippen LogP contribution in [0.3, 0.4) is 0 Å². The van der Waals surface area contributed by atoms with Crippen LogP contribution >= 0.6 is 0 Å². The summed E-state index contributed by atoms with van der Waals surface area (Å²) in [6.07, 6.45) is 0. The summed E-state index contributed by atoms with van der Waals surface area (Å²) in [5, 5.41) is 12.6. The van der Waals surface area contributed by atoms with Gasteiger partial charge in [0, 0.05) is 31.1 Å². The molecule has 6 heteroatoms. The van der Waals surface area contributed by atoms with E-state index in [0.717, 1.165) is 11.1 Å². The third-order valence-corrected chi connectivity index (χ3v) is 7.94. The quantitative estimate of drug-likeness (QED) is 0.709. The van der Waals surface area contributed by atoms with Gasteiger partial charge in [0.25, 0.3) is 0 Å². The van der Waals surface area contributed by atoms with Gasteiger partial charge in [-0.2, -0.15) is 9.57 Å². The Balaban J connectivity index is 1.33. The first-order valence-corrected chi connectivity index (χ1v) is 11.4. The summed E-state index contributed by atoms with van der Waals surface area (Å²) >= 11 is 0. The monoisotopic (exact) mass is 415 g/mol. The molecule has 3 aliphatic heterocycles. The lowest BCUT2D eigenvalue weighted by Gasteiger charge is -2.54. The van der Waals surface area contributed by atoms with Crippen LogP contribution in [0.5, 0.6) is 0 Å². The van der Waals surface area contributed by atoms with E-state index in [4.69, 9.17) is 5.26 Å². The smallest absolute Gasteiger partial charge is 0.243 e. The molecular formula is C24H21N3O2S. The maximum Gasteiger partial charge on any atom is 0.243 e. The van der Waals surface area contributed by atoms with E-state index >= 15 is 0 Å². The Morgan fingerprint density at radius 2 is 1.57 bits per heavy atom. The van der Waals surface area contributed by atoms with Gasteiger partial charge in [0.05, 0.1) is 16.5 Å². The Hall–Kier alpha value is -2.98. The van der Waals surface area contributed by atoms with Crippen molar-refractivity contribution in [3.63, 3.8) is 0 Å². The first kappa shape index (κ1) is 19.0. The Bertz CT molecular complexity index is 1210. The van der Waals surface area contributed by atoms with Crippen LogP contribution in [0, 0.1) is 11.3 Å². The summed E-state index contributed by atoms with van der Waals surface area (Å²) < 4.78 is 27.5. The van der Waals surface area contributed by atoms with E-state index < -0.39 is 10.0 Å². The molecule has 0 amide bonds. The minimum atomic E-state index is -3.45. The van der Waals surface area contributed by atoms with E-state index in [1.165, 1.54) is 5.56 Å². The van der Waals surface area contributed by atoms with Crippen molar-refractivity contribution in [1.29, 1.82) is 5.26 Å². The molecule has 30 heavy (non-hydrogen) atoms. The summed E-state index contributed by atoms with van der Waals surface area (Å²) in [6.45, 7) is 0.953. The third-order valence-electron chi connectivity index (χ3n) is 6.10. The van der Waals surface area contributed by atoms with Crippen LogP contribution in [0.15, 0.2) is 83.8 Å². The highest BCUT2D eigenvalue weighted by molar-refractivity contribution is 7.89. The molecular weight excluding hydrogens is 394 g/mol. The number of nitrogens with zero attached hydrogens (tertiary/aromatic N) is 2. The number of piperazine rings is 1. The van der Waals surface area contributed by atoms with Gasteiger partial charge in [-0.1, -0.05) is 54.6 Å². The zero-order valence-electron chi connectivity index (χ0n) is 16.3. The molecule has 1 unspecified atom stereocenters. The average Bonchev–Trinajstić information content (AvgIpc) is 2.80. The molecule has 3 fully saturated rings. The largest absolute Gasteiger partial charge is 0.307 e. The fraction of sp³-hybridized carbons (Fsp3) is 0.208. The van der Waals surface area contributed by atoms with Crippen LogP contribution in [0.1, 0.15) is 17.0 Å². The van der Waals surface area contributed by atoms with Gasteiger partial charge >= 0.3 is 0 Å². The van der Waals surface area contributed by atoms with Crippen molar-refractivity contribution in [2.75, 3.05) is 13.1 Å². The summed E-state index contributed by atoms with van der Waals surface area (Å²) in [7, 11) is -3.45. The van der Waals surface area contributed by atoms with Gasteiger partial charge < -0.3 is 5.32 Å². The van der Waals surface area contributed by atoms with Crippen LogP contribution in [-0.4, -0.2) is 37.9 Å². The Labute approximate surface area is 176 Å². The highest BCUT2D eigenvalue weighted by atomic mass is 32.2. The van der Waals surface area contributed by atoms with Gasteiger partial charge in [-0.05, 0) is 41.0 Å². The standard InChI is InChI=1S/C24H21N3O2S/c25-14-17-5-4-6-20(13-17)18-9-11-19(12-10-18)24-22-15-27(16-23(24)26-22)30(28,29)21-7-2-1-3-8-21/h1-13,22-24,26H,15-16H2/t22-,23+,24?. The van der Waals surface area contributed by atoms with Gasteiger partial charge in [0.2, 0.25) is 10.0 Å². The van der Waals surface area contributed by atoms with Gasteiger partial charge in [-0.15, -0.1) is 0 Å². The number of nitriles is 1. The van der Waals surface area contributed by atoms with E-state index in [1.54, 1.807) is 34.6 Å². The molecule has 0 saturated carbocycles. The van der Waals surface area contributed by atoms with Gasteiger partial charge in [0.15, 0.2) is 0 Å². The summed E-state index contributed by atoms with van der Waals surface area (Å²) in [4.78, 5) is 0.354. The molecule has 3 saturated heterocycles. The molecule has 150 valence electrons. The zero-order chi connectivity index (χ0) is 20.7. The first-order valence-electron chi connectivity index (χ1n) is 9.98. The van der Waals surface area contributed by atoms with E-state index in [2.05, 4.69) is 35.7 Å². The predicted molar refractivity (Wildman–Crippen MR) is 115 cm³/mol. The summed E-state index contributed by atoms with van der Waals surface area (Å²) in [5.74, 6) is 0.312. The molecule has 0 aliphatic carbocycles. The minimum Gasteiger partial charge on any atom is -0.307 e. The third kappa shape index (κ3) is 3.21. The maximum absolute atomic E-state index is 12.9. The van der Waals surface area contributed by atoms with Crippen molar-refractivity contribution in [3.05, 3.63) is 90.0 Å². The number of fused-ring (bicyclic) bond motifs is 2. The number of hydrogen-bond acceptors (Lipinski definition) is 4. The maximum atomic E-state index is 12.9. The number of hydrogen-bond donors (Lipinski definition) is 1. The molecule has 3 aromatic carbocycles. The van der Waals surface area contributed by atoms with Crippen molar-refractivity contribution < 1.29 is 8.42 Å². The van der Waals surface area contributed by atoms with Crippen molar-refractivity contribution >= 4 is 10.0 Å². The van der Waals surface area contributed by atoms with E-state index in [-0.39, 0.29) is 12.1 Å². The molecule has 5 nitrogen and oxygen atoms in total. The van der Waals surface area contributed by atoms with Crippen LogP contribution in [0.4, 0.5) is 0 Å². The number of nitrogens with one attached hydrogen (secondary N) is 1. The second-order valence-corrected chi connectivity index (χ2v) is 9.79. The molecule has 3 heterocycles. The predicted octanol–water partition coefficient (Wildman–Crippen LogP) is 3.35. The minimum absolute atomic E-state index is 0.120. The van der Waals surface area contributed by atoms with Crippen LogP contribution in [0.25, 0.3) is 11.1 Å². The SMILES string of the molecule is N#Cc1cccc(-c2ccc(C3[C@@H]4CN(S(=O)(=O)c5ccccc5)C[C@H]3N4)cc2)c1. The lowest BCUT2D eigenvalue weighted by Crippen LogP contribution is -2.72. The van der Waals surface area contributed by atoms with Gasteiger partial charge in [0.1, 0.15) is 0 Å². The van der Waals surface area contributed by atoms with Crippen molar-refractivity contribution in [1.82, 2.24) is 9.62 Å². The van der Waals surface area contributed by atoms with E-state index in [9.17, 15) is 8.42 Å². The first-order chi connectivity index (χ1) is 14.6. The number of piperidine rings is 1. The lowest BCUT2D eigenvalue weighted by atomic mass is 9.75. The Kier molecular flexibility index (Phi) is 4.67. The Morgan fingerprint density at radius 3 is 2.23 bits per heavy atom. The number of rotatable bonds is 4. The highest BCUT2D eigenvalue weighted by Crippen LogP contribution is 2.39. The molecule has 3 atom stereocenters. The fourth-order valence-electron chi connectivity index (χ4n) is 4.56. The molecule has 1 N–H and O–H groups in total. The highest BCUT2D eigenvalue weighted by Gasteiger charge is 2.49. The fourth-order valence-corrected chi connectivity index (χ4v) is 6.07. The normalized spacial score (nSPS) is 23.4. The van der Waals surface area contributed by atoms with E-state index in [0.29, 0.717) is 29.5 Å². The Morgan fingerprint density at radius 1 is 0.867 bits per heavy atom. The second kappa shape index (κ2) is 7.37. The van der Waals surface area contributed by atoms with Gasteiger partial charge in [-0.25, -0.2) is 8.42 Å². The van der Waals surface area contributed by atoms with Crippen LogP contribution in [0.2, 0.25) is 0 Å². The molecule has 2 bridgehead atoms. The topological polar surface area (TPSA) is 73.2 Å². The molecule has 3 aliphatic rings. The molecule has 6 rings (SSSR count). The van der Waals surface area contributed by atoms with Crippen molar-refractivity contribution in [2.24, 2.45) is 0 Å². The lowest BCUT2D eigenvalue weighted by molar-refractivity contribution is 0.102. The molecule has 0 aromatic heterocycles. The molecule has 0 radical (unpaired) electrons. The van der Waals surface area contributed by atoms with Crippen LogP contribution in [-0.2, 0) is 10.0 Å². The average molecular weight is 416 g/mol. The second-order valence-electron chi connectivity index (χ2n) is 7.86. The molecule has 0 spiro atoms. The summed E-state index contributed by atoms with van der Waals surface area (Å²) in [5.41, 5.74) is 3.96. The van der Waals surface area contributed by atoms with Crippen LogP contribution < -0.4 is 5.32 Å². The molecule has 3 aromatic rings. The zero-order valence-corrected chi connectivity index (χ0v) is 17.1. The number of benzene rings is 3. The number of sulfonamides is 1. The van der Waals surface area contributed by atoms with Gasteiger partial charge in [-0.3, -0.25) is 0 Å². The summed E-state index contributed by atoms with van der Waals surface area (Å²) in [6, 6.07) is 27.1.